The molecule has 12 heavy (non-hydrogen) atoms. The Labute approximate surface area is 73.0 Å². The zero-order valence-corrected chi connectivity index (χ0v) is 7.05. The Morgan fingerprint density at radius 2 is 2.50 bits per heavy atom. The lowest BCUT2D eigenvalue weighted by molar-refractivity contribution is -0.124. The second-order valence-corrected chi connectivity index (χ2v) is 2.90. The Hall–Kier alpha value is -1.23. The Morgan fingerprint density at radius 1 is 1.67 bits per heavy atom. The summed E-state index contributed by atoms with van der Waals surface area (Å²) < 4.78 is 0. The van der Waals surface area contributed by atoms with Crippen LogP contribution in [0.15, 0.2) is 12.2 Å². The third kappa shape index (κ3) is 2.43. The van der Waals surface area contributed by atoms with E-state index in [1.807, 2.05) is 0 Å². The van der Waals surface area contributed by atoms with E-state index in [1.165, 1.54) is 0 Å². The lowest BCUT2D eigenvalue weighted by atomic mass is 9.94. The molecule has 0 saturated carbocycles. The van der Waals surface area contributed by atoms with Crippen LogP contribution in [-0.4, -0.2) is 12.5 Å². The fraction of sp³-hybridized carbons (Fsp3) is 0.500. The average molecular weight is 163 g/mol. The summed E-state index contributed by atoms with van der Waals surface area (Å²) in [5, 5.41) is 2.69. The van der Waals surface area contributed by atoms with Crippen LogP contribution < -0.4 is 5.32 Å². The minimum absolute atomic E-state index is 0.0947. The zero-order valence-electron chi connectivity index (χ0n) is 7.05. The van der Waals surface area contributed by atoms with Crippen LogP contribution in [-0.2, 0) is 4.79 Å². The number of terminal acetylenes is 1. The van der Waals surface area contributed by atoms with Crippen LogP contribution in [0.1, 0.15) is 19.3 Å². The summed E-state index contributed by atoms with van der Waals surface area (Å²) in [5.74, 6) is 2.62. The smallest absolute Gasteiger partial charge is 0.224 e. The van der Waals surface area contributed by atoms with Gasteiger partial charge in [0, 0.05) is 5.92 Å². The van der Waals surface area contributed by atoms with E-state index in [4.69, 9.17) is 6.42 Å². The summed E-state index contributed by atoms with van der Waals surface area (Å²) in [6.45, 7) is 0.346. The monoisotopic (exact) mass is 163 g/mol. The van der Waals surface area contributed by atoms with Gasteiger partial charge in [0.1, 0.15) is 0 Å². The first-order valence-electron chi connectivity index (χ1n) is 4.20. The molecule has 0 bridgehead atoms. The number of carbonyl (C=O) groups excluding carboxylic acids is 1. The van der Waals surface area contributed by atoms with Gasteiger partial charge in [0.25, 0.3) is 0 Å². The van der Waals surface area contributed by atoms with Crippen molar-refractivity contribution in [3.63, 3.8) is 0 Å². The second-order valence-electron chi connectivity index (χ2n) is 2.90. The first-order chi connectivity index (χ1) is 5.84. The Kier molecular flexibility index (Phi) is 3.40. The molecule has 1 amide bonds. The van der Waals surface area contributed by atoms with E-state index >= 15 is 0 Å². The summed E-state index contributed by atoms with van der Waals surface area (Å²) in [4.78, 5) is 11.3. The van der Waals surface area contributed by atoms with E-state index < -0.39 is 0 Å². The predicted molar refractivity (Wildman–Crippen MR) is 48.3 cm³/mol. The van der Waals surface area contributed by atoms with Crippen molar-refractivity contribution in [3.8, 4) is 12.3 Å². The van der Waals surface area contributed by atoms with E-state index in [9.17, 15) is 4.79 Å². The lowest BCUT2D eigenvalue weighted by Gasteiger charge is -2.15. The predicted octanol–water partition coefficient (Wildman–Crippen LogP) is 1.09. The average Bonchev–Trinajstić information content (AvgIpc) is 2.15. The maximum absolute atomic E-state index is 11.3. The summed E-state index contributed by atoms with van der Waals surface area (Å²) in [6, 6.07) is 0. The molecule has 1 N–H and O–H groups in total. The highest BCUT2D eigenvalue weighted by Crippen LogP contribution is 2.17. The van der Waals surface area contributed by atoms with Crippen LogP contribution >= 0.6 is 0 Å². The first kappa shape index (κ1) is 8.86. The molecule has 0 aromatic carbocycles. The van der Waals surface area contributed by atoms with E-state index in [0.717, 1.165) is 19.3 Å². The molecule has 0 aromatic heterocycles. The van der Waals surface area contributed by atoms with Gasteiger partial charge in [-0.2, -0.15) is 0 Å². The van der Waals surface area contributed by atoms with Gasteiger partial charge in [-0.25, -0.2) is 0 Å². The van der Waals surface area contributed by atoms with Gasteiger partial charge in [-0.15, -0.1) is 6.42 Å². The molecule has 1 aliphatic rings. The van der Waals surface area contributed by atoms with Crippen molar-refractivity contribution in [2.45, 2.75) is 19.3 Å². The highest BCUT2D eigenvalue weighted by Gasteiger charge is 2.17. The third-order valence-electron chi connectivity index (χ3n) is 2.00. The van der Waals surface area contributed by atoms with Gasteiger partial charge in [0.15, 0.2) is 0 Å². The fourth-order valence-electron chi connectivity index (χ4n) is 1.31. The SMILES string of the molecule is C#CCNC(=O)C1CC=CCC1. The van der Waals surface area contributed by atoms with E-state index in [1.54, 1.807) is 0 Å². The third-order valence-corrected chi connectivity index (χ3v) is 2.00. The van der Waals surface area contributed by atoms with Crippen LogP contribution in [0.4, 0.5) is 0 Å². The van der Waals surface area contributed by atoms with Crippen LogP contribution in [0.25, 0.3) is 0 Å². The molecule has 1 aliphatic carbocycles. The molecule has 1 rings (SSSR count). The number of allylic oxidation sites excluding steroid dienone is 2. The van der Waals surface area contributed by atoms with E-state index in [0.29, 0.717) is 6.54 Å². The molecular formula is C10H13NO. The van der Waals surface area contributed by atoms with Gasteiger partial charge < -0.3 is 5.32 Å². The number of rotatable bonds is 2. The molecule has 0 aliphatic heterocycles. The molecule has 0 saturated heterocycles. The molecule has 0 aromatic rings. The Balaban J connectivity index is 2.32. The minimum atomic E-state index is 0.0947. The van der Waals surface area contributed by atoms with Crippen molar-refractivity contribution in [2.24, 2.45) is 5.92 Å². The number of hydrogen-bond donors (Lipinski definition) is 1. The van der Waals surface area contributed by atoms with Gasteiger partial charge in [0.05, 0.1) is 6.54 Å². The van der Waals surface area contributed by atoms with Crippen molar-refractivity contribution in [3.05, 3.63) is 12.2 Å². The normalized spacial score (nSPS) is 21.4. The highest BCUT2D eigenvalue weighted by atomic mass is 16.1. The highest BCUT2D eigenvalue weighted by molar-refractivity contribution is 5.79. The van der Waals surface area contributed by atoms with Crippen molar-refractivity contribution in [1.29, 1.82) is 0 Å². The molecule has 0 heterocycles. The van der Waals surface area contributed by atoms with Crippen LogP contribution in [0.5, 0.6) is 0 Å². The quantitative estimate of drug-likeness (QED) is 0.479. The maximum Gasteiger partial charge on any atom is 0.224 e. The summed E-state index contributed by atoms with van der Waals surface area (Å²) in [7, 11) is 0. The van der Waals surface area contributed by atoms with Crippen molar-refractivity contribution in [2.75, 3.05) is 6.54 Å². The molecule has 2 heteroatoms. The molecule has 2 nitrogen and oxygen atoms in total. The van der Waals surface area contributed by atoms with Crippen molar-refractivity contribution < 1.29 is 4.79 Å². The summed E-state index contributed by atoms with van der Waals surface area (Å²) in [5.41, 5.74) is 0. The molecule has 0 radical (unpaired) electrons. The molecule has 64 valence electrons. The standard InChI is InChI=1S/C10H13NO/c1-2-8-11-10(12)9-6-4-3-5-7-9/h1,3-4,9H,5-8H2,(H,11,12). The van der Waals surface area contributed by atoms with Crippen LogP contribution in [0.3, 0.4) is 0 Å². The summed E-state index contributed by atoms with van der Waals surface area (Å²) >= 11 is 0. The van der Waals surface area contributed by atoms with E-state index in [2.05, 4.69) is 23.4 Å². The lowest BCUT2D eigenvalue weighted by Crippen LogP contribution is -2.31. The van der Waals surface area contributed by atoms with Crippen molar-refractivity contribution in [1.82, 2.24) is 5.32 Å². The molecule has 0 spiro atoms. The molecule has 0 fully saturated rings. The molecule has 1 unspecified atom stereocenters. The van der Waals surface area contributed by atoms with Gasteiger partial charge in [-0.1, -0.05) is 18.1 Å². The van der Waals surface area contributed by atoms with Crippen molar-refractivity contribution >= 4 is 5.91 Å². The van der Waals surface area contributed by atoms with Crippen LogP contribution in [0, 0.1) is 18.3 Å². The first-order valence-corrected chi connectivity index (χ1v) is 4.20. The second kappa shape index (κ2) is 4.61. The summed E-state index contributed by atoms with van der Waals surface area (Å²) in [6.07, 6.45) is 12.0. The number of carbonyl (C=O) groups is 1. The fourth-order valence-corrected chi connectivity index (χ4v) is 1.31. The van der Waals surface area contributed by atoms with Crippen LogP contribution in [0.2, 0.25) is 0 Å². The van der Waals surface area contributed by atoms with Gasteiger partial charge in [-0.3, -0.25) is 4.79 Å². The number of nitrogens with one attached hydrogen (secondary N) is 1. The number of hydrogen-bond acceptors (Lipinski definition) is 1. The maximum atomic E-state index is 11.3. The largest absolute Gasteiger partial charge is 0.345 e. The van der Waals surface area contributed by atoms with Gasteiger partial charge in [0.2, 0.25) is 5.91 Å². The molecular weight excluding hydrogens is 150 g/mol. The topological polar surface area (TPSA) is 29.1 Å². The van der Waals surface area contributed by atoms with Gasteiger partial charge in [-0.05, 0) is 19.3 Å². The number of amides is 1. The zero-order chi connectivity index (χ0) is 8.81. The minimum Gasteiger partial charge on any atom is -0.345 e. The molecule has 1 atom stereocenters. The van der Waals surface area contributed by atoms with Gasteiger partial charge >= 0.3 is 0 Å². The van der Waals surface area contributed by atoms with E-state index in [-0.39, 0.29) is 11.8 Å². The Bertz CT molecular complexity index is 224. The Morgan fingerprint density at radius 3 is 3.08 bits per heavy atom.